The van der Waals surface area contributed by atoms with Crippen molar-refractivity contribution in [2.24, 2.45) is 5.41 Å². The molecule has 1 saturated heterocycles. The summed E-state index contributed by atoms with van der Waals surface area (Å²) in [7, 11) is 3.65. The molecular formula is C14H29N3O. The number of piperazine rings is 1. The first-order valence-corrected chi connectivity index (χ1v) is 6.93. The van der Waals surface area contributed by atoms with E-state index in [1.54, 1.807) is 4.90 Å². The van der Waals surface area contributed by atoms with Gasteiger partial charge in [-0.1, -0.05) is 20.8 Å². The van der Waals surface area contributed by atoms with Crippen LogP contribution in [-0.4, -0.2) is 74.0 Å². The summed E-state index contributed by atoms with van der Waals surface area (Å²) < 4.78 is 0. The molecule has 1 heterocycles. The van der Waals surface area contributed by atoms with Crippen LogP contribution < -0.4 is 0 Å². The molecule has 0 aromatic heterocycles. The van der Waals surface area contributed by atoms with Gasteiger partial charge in [0.15, 0.2) is 0 Å². The Kier molecular flexibility index (Phi) is 5.60. The molecule has 0 N–H and O–H groups in total. The summed E-state index contributed by atoms with van der Waals surface area (Å²) in [5.74, 6) is 0.229. The van der Waals surface area contributed by atoms with Crippen LogP contribution in [0, 0.1) is 5.41 Å². The van der Waals surface area contributed by atoms with Crippen LogP contribution in [0.25, 0.3) is 0 Å². The second-order valence-electron chi connectivity index (χ2n) is 6.72. The smallest absolute Gasteiger partial charge is 0.223 e. The fourth-order valence-electron chi connectivity index (χ4n) is 2.32. The number of rotatable bonds is 4. The lowest BCUT2D eigenvalue weighted by Gasteiger charge is -2.37. The number of hydrogen-bond acceptors (Lipinski definition) is 3. The van der Waals surface area contributed by atoms with Crippen molar-refractivity contribution in [2.45, 2.75) is 27.2 Å². The first-order valence-electron chi connectivity index (χ1n) is 6.93. The first-order chi connectivity index (χ1) is 8.28. The van der Waals surface area contributed by atoms with Crippen molar-refractivity contribution >= 4 is 5.91 Å². The Labute approximate surface area is 112 Å². The van der Waals surface area contributed by atoms with Gasteiger partial charge < -0.3 is 14.7 Å². The second-order valence-corrected chi connectivity index (χ2v) is 6.72. The molecule has 18 heavy (non-hydrogen) atoms. The normalized spacial score (nSPS) is 18.9. The van der Waals surface area contributed by atoms with Gasteiger partial charge in [0.2, 0.25) is 5.91 Å². The summed E-state index contributed by atoms with van der Waals surface area (Å²) in [4.78, 5) is 18.1. The molecule has 0 saturated carbocycles. The Morgan fingerprint density at radius 3 is 2.00 bits per heavy atom. The van der Waals surface area contributed by atoms with Gasteiger partial charge in [0, 0.05) is 59.8 Å². The summed E-state index contributed by atoms with van der Waals surface area (Å²) in [5.41, 5.74) is 0.378. The highest BCUT2D eigenvalue weighted by Crippen LogP contribution is 2.16. The predicted molar refractivity (Wildman–Crippen MR) is 75.6 cm³/mol. The zero-order valence-electron chi connectivity index (χ0n) is 12.7. The lowest BCUT2D eigenvalue weighted by molar-refractivity contribution is -0.129. The van der Waals surface area contributed by atoms with E-state index in [1.807, 2.05) is 14.1 Å². The molecule has 106 valence electrons. The minimum absolute atomic E-state index is 0.229. The molecule has 0 aromatic carbocycles. The molecule has 1 amide bonds. The van der Waals surface area contributed by atoms with Crippen LogP contribution in [0.5, 0.6) is 0 Å². The van der Waals surface area contributed by atoms with Crippen molar-refractivity contribution in [2.75, 3.05) is 53.4 Å². The van der Waals surface area contributed by atoms with Crippen LogP contribution in [0.15, 0.2) is 0 Å². The van der Waals surface area contributed by atoms with E-state index in [1.165, 1.54) is 0 Å². The Balaban J connectivity index is 2.21. The van der Waals surface area contributed by atoms with Gasteiger partial charge in [-0.25, -0.2) is 0 Å². The van der Waals surface area contributed by atoms with E-state index in [0.717, 1.165) is 39.3 Å². The maximum atomic E-state index is 11.5. The SMILES string of the molecule is CN(C)C(=O)CCN1CCN(CC(C)(C)C)CC1. The average Bonchev–Trinajstić information content (AvgIpc) is 2.25. The van der Waals surface area contributed by atoms with E-state index in [0.29, 0.717) is 11.8 Å². The third kappa shape index (κ3) is 5.83. The quantitative estimate of drug-likeness (QED) is 0.753. The largest absolute Gasteiger partial charge is 0.349 e. The molecular weight excluding hydrogens is 226 g/mol. The molecule has 0 aliphatic carbocycles. The van der Waals surface area contributed by atoms with Gasteiger partial charge in [-0.15, -0.1) is 0 Å². The van der Waals surface area contributed by atoms with Crippen LogP contribution in [0.1, 0.15) is 27.2 Å². The Morgan fingerprint density at radius 1 is 1.06 bits per heavy atom. The maximum absolute atomic E-state index is 11.5. The standard InChI is InChI=1S/C14H29N3O/c1-14(2,3)12-17-10-8-16(9-11-17)7-6-13(18)15(4)5/h6-12H2,1-5H3. The highest BCUT2D eigenvalue weighted by Gasteiger charge is 2.21. The van der Waals surface area contributed by atoms with Crippen molar-refractivity contribution in [3.05, 3.63) is 0 Å². The third-order valence-electron chi connectivity index (χ3n) is 3.30. The predicted octanol–water partition coefficient (Wildman–Crippen LogP) is 1.13. The van der Waals surface area contributed by atoms with Crippen LogP contribution in [0.2, 0.25) is 0 Å². The van der Waals surface area contributed by atoms with Gasteiger partial charge in [-0.05, 0) is 5.41 Å². The molecule has 1 rings (SSSR count). The monoisotopic (exact) mass is 255 g/mol. The lowest BCUT2D eigenvalue weighted by Crippen LogP contribution is -2.49. The summed E-state index contributed by atoms with van der Waals surface area (Å²) in [5, 5.41) is 0. The zero-order chi connectivity index (χ0) is 13.8. The highest BCUT2D eigenvalue weighted by molar-refractivity contribution is 5.75. The van der Waals surface area contributed by atoms with Gasteiger partial charge in [0.25, 0.3) is 0 Å². The third-order valence-corrected chi connectivity index (χ3v) is 3.30. The molecule has 0 bridgehead atoms. The van der Waals surface area contributed by atoms with Gasteiger partial charge >= 0.3 is 0 Å². The molecule has 1 aliphatic heterocycles. The maximum Gasteiger partial charge on any atom is 0.223 e. The molecule has 0 unspecified atom stereocenters. The van der Waals surface area contributed by atoms with Crippen molar-refractivity contribution in [3.63, 3.8) is 0 Å². The van der Waals surface area contributed by atoms with Gasteiger partial charge in [0.1, 0.15) is 0 Å². The zero-order valence-corrected chi connectivity index (χ0v) is 12.7. The molecule has 1 fully saturated rings. The van der Waals surface area contributed by atoms with E-state index in [-0.39, 0.29) is 5.91 Å². The van der Waals surface area contributed by atoms with Crippen molar-refractivity contribution in [3.8, 4) is 0 Å². The lowest BCUT2D eigenvalue weighted by atomic mass is 9.96. The number of nitrogens with zero attached hydrogens (tertiary/aromatic N) is 3. The van der Waals surface area contributed by atoms with E-state index in [2.05, 4.69) is 30.6 Å². The van der Waals surface area contributed by atoms with Crippen LogP contribution in [-0.2, 0) is 4.79 Å². The molecule has 1 aliphatic rings. The fourth-order valence-corrected chi connectivity index (χ4v) is 2.32. The molecule has 0 aromatic rings. The number of amides is 1. The summed E-state index contributed by atoms with van der Waals surface area (Å²) >= 11 is 0. The van der Waals surface area contributed by atoms with Gasteiger partial charge in [0.05, 0.1) is 0 Å². The van der Waals surface area contributed by atoms with Crippen LogP contribution in [0.4, 0.5) is 0 Å². The van der Waals surface area contributed by atoms with Crippen molar-refractivity contribution in [1.82, 2.24) is 14.7 Å². The van der Waals surface area contributed by atoms with Crippen molar-refractivity contribution < 1.29 is 4.79 Å². The molecule has 0 spiro atoms. The van der Waals surface area contributed by atoms with Gasteiger partial charge in [-0.2, -0.15) is 0 Å². The number of hydrogen-bond donors (Lipinski definition) is 0. The topological polar surface area (TPSA) is 26.8 Å². The summed E-state index contributed by atoms with van der Waals surface area (Å²) in [6.45, 7) is 13.4. The highest BCUT2D eigenvalue weighted by atomic mass is 16.2. The van der Waals surface area contributed by atoms with Crippen LogP contribution >= 0.6 is 0 Å². The van der Waals surface area contributed by atoms with Crippen LogP contribution in [0.3, 0.4) is 0 Å². The summed E-state index contributed by atoms with van der Waals surface area (Å²) in [6.07, 6.45) is 0.645. The average molecular weight is 255 g/mol. The van der Waals surface area contributed by atoms with E-state index in [9.17, 15) is 4.79 Å². The molecule has 4 heteroatoms. The fraction of sp³-hybridized carbons (Fsp3) is 0.929. The Morgan fingerprint density at radius 2 is 1.56 bits per heavy atom. The number of carbonyl (C=O) groups is 1. The van der Waals surface area contributed by atoms with Crippen molar-refractivity contribution in [1.29, 1.82) is 0 Å². The first kappa shape index (κ1) is 15.4. The minimum atomic E-state index is 0.229. The Bertz CT molecular complexity index is 263. The molecule has 0 atom stereocenters. The van der Waals surface area contributed by atoms with Gasteiger partial charge in [-0.3, -0.25) is 4.79 Å². The van der Waals surface area contributed by atoms with E-state index < -0.39 is 0 Å². The Hall–Kier alpha value is -0.610. The summed E-state index contributed by atoms with van der Waals surface area (Å²) in [6, 6.07) is 0. The molecule has 4 nitrogen and oxygen atoms in total. The van der Waals surface area contributed by atoms with E-state index >= 15 is 0 Å². The minimum Gasteiger partial charge on any atom is -0.349 e. The molecule has 0 radical (unpaired) electrons. The second kappa shape index (κ2) is 6.53. The van der Waals surface area contributed by atoms with E-state index in [4.69, 9.17) is 0 Å². The number of carbonyl (C=O) groups excluding carboxylic acids is 1.